The lowest BCUT2D eigenvalue weighted by atomic mass is 9.86. The van der Waals surface area contributed by atoms with Crippen LogP contribution in [0.5, 0.6) is 0 Å². The zero-order chi connectivity index (χ0) is 20.7. The average Bonchev–Trinajstić information content (AvgIpc) is 3.41. The van der Waals surface area contributed by atoms with E-state index in [1.165, 1.54) is 25.7 Å². The molecule has 152 valence electrons. The van der Waals surface area contributed by atoms with E-state index in [2.05, 4.69) is 10.5 Å². The van der Waals surface area contributed by atoms with Gasteiger partial charge in [0.15, 0.2) is 0 Å². The monoisotopic (exact) mass is 417 g/mol. The van der Waals surface area contributed by atoms with E-state index < -0.39 is 0 Å². The second kappa shape index (κ2) is 7.84. The molecular formula is C25H24ClN3O. The van der Waals surface area contributed by atoms with Gasteiger partial charge in [-0.3, -0.25) is 4.79 Å². The van der Waals surface area contributed by atoms with Crippen molar-refractivity contribution in [2.75, 3.05) is 0 Å². The fourth-order valence-electron chi connectivity index (χ4n) is 5.20. The number of hydrogen-bond acceptors (Lipinski definition) is 3. The van der Waals surface area contributed by atoms with Gasteiger partial charge in [-0.25, -0.2) is 10.4 Å². The molecule has 1 amide bonds. The average molecular weight is 418 g/mol. The van der Waals surface area contributed by atoms with E-state index >= 15 is 0 Å². The molecule has 5 heteroatoms. The van der Waals surface area contributed by atoms with Crippen LogP contribution in [0.1, 0.15) is 43.0 Å². The highest BCUT2D eigenvalue weighted by Crippen LogP contribution is 2.48. The highest BCUT2D eigenvalue weighted by molar-refractivity contribution is 6.35. The van der Waals surface area contributed by atoms with E-state index in [0.717, 1.165) is 34.2 Å². The zero-order valence-electron chi connectivity index (χ0n) is 16.9. The van der Waals surface area contributed by atoms with Gasteiger partial charge in [0.25, 0.3) is 5.91 Å². The van der Waals surface area contributed by atoms with Crippen LogP contribution in [-0.2, 0) is 0 Å². The number of nitrogens with zero attached hydrogens (tertiary/aromatic N) is 2. The molecule has 2 aromatic carbocycles. The van der Waals surface area contributed by atoms with Crippen LogP contribution < -0.4 is 5.43 Å². The number of benzene rings is 2. The lowest BCUT2D eigenvalue weighted by Gasteiger charge is -2.21. The van der Waals surface area contributed by atoms with Crippen molar-refractivity contribution in [3.63, 3.8) is 0 Å². The Morgan fingerprint density at radius 1 is 1.10 bits per heavy atom. The molecule has 4 nitrogen and oxygen atoms in total. The molecule has 2 bridgehead atoms. The molecule has 0 aliphatic heterocycles. The first-order valence-corrected chi connectivity index (χ1v) is 11.0. The van der Waals surface area contributed by atoms with Gasteiger partial charge in [-0.1, -0.05) is 60.5 Å². The van der Waals surface area contributed by atoms with Gasteiger partial charge in [0, 0.05) is 22.6 Å². The maximum absolute atomic E-state index is 13.1. The van der Waals surface area contributed by atoms with Crippen LogP contribution in [0.4, 0.5) is 0 Å². The number of nitrogens with one attached hydrogen (secondary N) is 1. The van der Waals surface area contributed by atoms with Crippen molar-refractivity contribution in [3.8, 4) is 11.3 Å². The topological polar surface area (TPSA) is 54.4 Å². The van der Waals surface area contributed by atoms with Crippen LogP contribution in [0.15, 0.2) is 59.7 Å². The molecule has 1 N–H and O–H groups in total. The number of aromatic nitrogens is 1. The lowest BCUT2D eigenvalue weighted by molar-refractivity contribution is 0.0956. The van der Waals surface area contributed by atoms with E-state index in [0.29, 0.717) is 22.0 Å². The molecule has 0 spiro atoms. The van der Waals surface area contributed by atoms with Gasteiger partial charge in [0.1, 0.15) is 0 Å². The van der Waals surface area contributed by atoms with Crippen molar-refractivity contribution in [2.45, 2.75) is 32.6 Å². The standard InChI is InChI=1S/C25H24ClN3O/c1-15(20-13-16-10-11-18(20)12-16)28-29-25(30)21-14-23(17-6-3-2-4-7-17)27-24-19(21)8-5-9-22(24)26/h2-9,14,16,18,20H,10-13H2,1H3,(H,29,30)/b28-15-/t16-,18-,20-/m1/s1. The molecule has 2 fully saturated rings. The highest BCUT2D eigenvalue weighted by atomic mass is 35.5. The van der Waals surface area contributed by atoms with Gasteiger partial charge in [0.2, 0.25) is 0 Å². The van der Waals surface area contributed by atoms with Gasteiger partial charge in [0.05, 0.1) is 21.8 Å². The molecule has 30 heavy (non-hydrogen) atoms. The van der Waals surface area contributed by atoms with Gasteiger partial charge >= 0.3 is 0 Å². The number of hydrogen-bond donors (Lipinski definition) is 1. The Morgan fingerprint density at radius 3 is 2.67 bits per heavy atom. The minimum atomic E-state index is -0.232. The van der Waals surface area contributed by atoms with Crippen LogP contribution in [0.2, 0.25) is 5.02 Å². The summed E-state index contributed by atoms with van der Waals surface area (Å²) in [4.78, 5) is 17.9. The first-order chi connectivity index (χ1) is 14.6. The summed E-state index contributed by atoms with van der Waals surface area (Å²) in [6.07, 6.45) is 5.18. The Kier molecular flexibility index (Phi) is 5.03. The highest BCUT2D eigenvalue weighted by Gasteiger charge is 2.40. The minimum Gasteiger partial charge on any atom is -0.267 e. The largest absolute Gasteiger partial charge is 0.272 e. The van der Waals surface area contributed by atoms with Crippen molar-refractivity contribution in [1.29, 1.82) is 0 Å². The van der Waals surface area contributed by atoms with Crippen LogP contribution in [0.25, 0.3) is 22.2 Å². The third kappa shape index (κ3) is 3.50. The fourth-order valence-corrected chi connectivity index (χ4v) is 5.41. The van der Waals surface area contributed by atoms with Crippen molar-refractivity contribution in [2.24, 2.45) is 22.9 Å². The van der Waals surface area contributed by atoms with Crippen LogP contribution in [0, 0.1) is 17.8 Å². The third-order valence-electron chi connectivity index (χ3n) is 6.71. The fraction of sp³-hybridized carbons (Fsp3) is 0.320. The normalized spacial score (nSPS) is 23.1. The van der Waals surface area contributed by atoms with E-state index in [4.69, 9.17) is 16.6 Å². The Labute approximate surface area is 181 Å². The number of amides is 1. The Bertz CT molecular complexity index is 1140. The summed E-state index contributed by atoms with van der Waals surface area (Å²) < 4.78 is 0. The number of rotatable bonds is 4. The summed E-state index contributed by atoms with van der Waals surface area (Å²) in [5, 5.41) is 5.75. The molecule has 3 atom stereocenters. The molecule has 2 aliphatic rings. The second-order valence-corrected chi connectivity index (χ2v) is 8.94. The summed E-state index contributed by atoms with van der Waals surface area (Å²) in [5.74, 6) is 1.86. The molecule has 5 rings (SSSR count). The van der Waals surface area contributed by atoms with Crippen molar-refractivity contribution in [3.05, 3.63) is 65.2 Å². The number of halogens is 1. The van der Waals surface area contributed by atoms with Crippen LogP contribution >= 0.6 is 11.6 Å². The lowest BCUT2D eigenvalue weighted by Crippen LogP contribution is -2.24. The smallest absolute Gasteiger partial charge is 0.267 e. The molecule has 3 aromatic rings. The van der Waals surface area contributed by atoms with Gasteiger partial charge in [-0.15, -0.1) is 0 Å². The predicted molar refractivity (Wildman–Crippen MR) is 122 cm³/mol. The second-order valence-electron chi connectivity index (χ2n) is 8.53. The van der Waals surface area contributed by atoms with Gasteiger partial charge < -0.3 is 0 Å². The van der Waals surface area contributed by atoms with E-state index in [1.807, 2.05) is 55.5 Å². The van der Waals surface area contributed by atoms with Crippen molar-refractivity contribution in [1.82, 2.24) is 10.4 Å². The number of para-hydroxylation sites is 1. The summed E-state index contributed by atoms with van der Waals surface area (Å²) in [6.45, 7) is 2.04. The van der Waals surface area contributed by atoms with E-state index in [-0.39, 0.29) is 5.91 Å². The maximum Gasteiger partial charge on any atom is 0.272 e. The molecule has 2 saturated carbocycles. The van der Waals surface area contributed by atoms with Crippen LogP contribution in [0.3, 0.4) is 0 Å². The number of carbonyl (C=O) groups excluding carboxylic acids is 1. The maximum atomic E-state index is 13.1. The summed E-state index contributed by atoms with van der Waals surface area (Å²) >= 11 is 6.42. The van der Waals surface area contributed by atoms with E-state index in [9.17, 15) is 4.79 Å². The number of carbonyl (C=O) groups is 1. The molecular weight excluding hydrogens is 394 g/mol. The summed E-state index contributed by atoms with van der Waals surface area (Å²) in [6, 6.07) is 17.2. The quantitative estimate of drug-likeness (QED) is 0.412. The van der Waals surface area contributed by atoms with Gasteiger partial charge in [-0.05, 0) is 50.2 Å². The van der Waals surface area contributed by atoms with Gasteiger partial charge in [-0.2, -0.15) is 5.10 Å². The summed E-state index contributed by atoms with van der Waals surface area (Å²) in [5.41, 5.74) is 6.66. The third-order valence-corrected chi connectivity index (χ3v) is 7.02. The minimum absolute atomic E-state index is 0.232. The molecule has 0 unspecified atom stereocenters. The number of pyridine rings is 1. The number of fused-ring (bicyclic) bond motifs is 3. The zero-order valence-corrected chi connectivity index (χ0v) is 17.7. The Balaban J connectivity index is 1.49. The first kappa shape index (κ1) is 19.3. The molecule has 2 aliphatic carbocycles. The SMILES string of the molecule is C/C(=N/NC(=O)c1cc(-c2ccccc2)nc2c(Cl)cccc12)[C@H]1C[C@@H]2CC[C@@H]1C2. The van der Waals surface area contributed by atoms with Crippen molar-refractivity contribution >= 4 is 34.1 Å². The summed E-state index contributed by atoms with van der Waals surface area (Å²) in [7, 11) is 0. The molecule has 0 saturated heterocycles. The van der Waals surface area contributed by atoms with Crippen molar-refractivity contribution < 1.29 is 4.79 Å². The number of hydrazone groups is 1. The molecule has 0 radical (unpaired) electrons. The first-order valence-electron chi connectivity index (χ1n) is 10.6. The van der Waals surface area contributed by atoms with Crippen LogP contribution in [-0.4, -0.2) is 16.6 Å². The van der Waals surface area contributed by atoms with E-state index in [1.54, 1.807) is 6.07 Å². The molecule has 1 aromatic heterocycles. The Morgan fingerprint density at radius 2 is 1.93 bits per heavy atom. The molecule has 1 heterocycles. The Hall–Kier alpha value is -2.72. The predicted octanol–water partition coefficient (Wildman–Crippen LogP) is 6.10.